The van der Waals surface area contributed by atoms with Gasteiger partial charge in [-0.15, -0.1) is 0 Å². The number of hydrogen-bond acceptors (Lipinski definition) is 2. The van der Waals surface area contributed by atoms with Crippen molar-refractivity contribution in [3.05, 3.63) is 24.5 Å². The maximum atomic E-state index is 2.24. The van der Waals surface area contributed by atoms with Crippen LogP contribution in [0.4, 0.5) is 5.69 Å². The summed E-state index contributed by atoms with van der Waals surface area (Å²) in [7, 11) is 4.13. The summed E-state index contributed by atoms with van der Waals surface area (Å²) in [6.45, 7) is 2.24. The Morgan fingerprint density at radius 3 is 2.38 bits per heavy atom. The first-order chi connectivity index (χ1) is 7.24. The number of halogens is 1. The Morgan fingerprint density at radius 1 is 1.25 bits per heavy atom. The van der Waals surface area contributed by atoms with E-state index in [1.165, 1.54) is 24.3 Å². The van der Waals surface area contributed by atoms with E-state index in [2.05, 4.69) is 55.0 Å². The summed E-state index contributed by atoms with van der Waals surface area (Å²) in [6, 6.07) is 4.31. The number of aromatic nitrogens is 1. The molecule has 0 radical (unpaired) electrons. The quantitative estimate of drug-likeness (QED) is 0.505. The number of thioether (sulfide) groups is 1. The monoisotopic (exact) mass is 260 g/mol. The van der Waals surface area contributed by atoms with E-state index in [1.54, 1.807) is 0 Å². The van der Waals surface area contributed by atoms with Gasteiger partial charge in [0.1, 0.15) is 0 Å². The molecule has 0 aromatic carbocycles. The third-order valence-corrected chi connectivity index (χ3v) is 3.33. The van der Waals surface area contributed by atoms with Gasteiger partial charge in [-0.3, -0.25) is 0 Å². The van der Waals surface area contributed by atoms with Crippen molar-refractivity contribution in [1.29, 1.82) is 0 Å². The molecule has 0 saturated heterocycles. The van der Waals surface area contributed by atoms with Crippen LogP contribution in [0, 0.1) is 0 Å². The van der Waals surface area contributed by atoms with E-state index in [0.29, 0.717) is 0 Å². The van der Waals surface area contributed by atoms with Crippen molar-refractivity contribution in [1.82, 2.24) is 0 Å². The van der Waals surface area contributed by atoms with E-state index in [0.717, 1.165) is 5.88 Å². The maximum absolute atomic E-state index is 2.24. The van der Waals surface area contributed by atoms with Gasteiger partial charge in [0.15, 0.2) is 18.3 Å². The van der Waals surface area contributed by atoms with Crippen LogP contribution in [0.15, 0.2) is 24.5 Å². The molecule has 92 valence electrons. The molecular formula is C12H21ClN2S. The van der Waals surface area contributed by atoms with Crippen LogP contribution in [-0.4, -0.2) is 19.8 Å². The number of rotatable bonds is 6. The molecule has 16 heavy (non-hydrogen) atoms. The highest BCUT2D eigenvalue weighted by atomic mass is 35.5. The molecule has 4 heteroatoms. The van der Waals surface area contributed by atoms with E-state index in [4.69, 9.17) is 0 Å². The zero-order chi connectivity index (χ0) is 11.1. The molecule has 0 spiro atoms. The number of unbranched alkanes of at least 4 members (excludes halogenated alkanes) is 1. The van der Waals surface area contributed by atoms with Crippen LogP contribution in [0.5, 0.6) is 0 Å². The van der Waals surface area contributed by atoms with Gasteiger partial charge in [0.25, 0.3) is 0 Å². The summed E-state index contributed by atoms with van der Waals surface area (Å²) in [5, 5.41) is 0. The van der Waals surface area contributed by atoms with Gasteiger partial charge in [-0.2, -0.15) is 4.57 Å². The number of nitrogens with zero attached hydrogens (tertiary/aromatic N) is 2. The fourth-order valence-corrected chi connectivity index (χ4v) is 2.25. The zero-order valence-electron chi connectivity index (χ0n) is 10.3. The van der Waals surface area contributed by atoms with E-state index in [-0.39, 0.29) is 12.4 Å². The number of pyridine rings is 1. The molecule has 1 rings (SSSR count). The standard InChI is InChI=1S/C12H21N2S.ClH/c1-4-5-10-15-11-14-8-6-12(7-9-14)13(2)3;/h6-9H,4-5,10-11H2,1-3H3;1H/q+1;/p-1. The summed E-state index contributed by atoms with van der Waals surface area (Å²) < 4.78 is 2.23. The molecule has 0 aliphatic rings. The van der Waals surface area contributed by atoms with Crippen LogP contribution in [0.25, 0.3) is 0 Å². The van der Waals surface area contributed by atoms with Crippen molar-refractivity contribution < 1.29 is 17.0 Å². The minimum Gasteiger partial charge on any atom is -1.00 e. The first-order valence-corrected chi connectivity index (χ1v) is 6.63. The van der Waals surface area contributed by atoms with E-state index in [9.17, 15) is 0 Å². The van der Waals surface area contributed by atoms with Gasteiger partial charge in [0, 0.05) is 31.9 Å². The van der Waals surface area contributed by atoms with E-state index in [1.807, 2.05) is 11.8 Å². The average Bonchev–Trinajstić information content (AvgIpc) is 2.25. The van der Waals surface area contributed by atoms with Gasteiger partial charge < -0.3 is 17.3 Å². The van der Waals surface area contributed by atoms with Gasteiger partial charge in [-0.1, -0.05) is 25.1 Å². The molecule has 0 fully saturated rings. The predicted octanol–water partition coefficient (Wildman–Crippen LogP) is -0.465. The van der Waals surface area contributed by atoms with Gasteiger partial charge in [-0.05, 0) is 12.2 Å². The fraction of sp³-hybridized carbons (Fsp3) is 0.583. The second kappa shape index (κ2) is 8.71. The largest absolute Gasteiger partial charge is 1.00 e. The Hall–Kier alpha value is -0.410. The normalized spacial score (nSPS) is 9.69. The van der Waals surface area contributed by atoms with E-state index >= 15 is 0 Å². The first-order valence-electron chi connectivity index (χ1n) is 5.48. The lowest BCUT2D eigenvalue weighted by Gasteiger charge is -2.10. The molecule has 0 aliphatic heterocycles. The molecule has 1 aromatic rings. The Bertz CT molecular complexity index is 275. The molecule has 0 aliphatic carbocycles. The number of anilines is 1. The van der Waals surface area contributed by atoms with Crippen molar-refractivity contribution in [3.63, 3.8) is 0 Å². The molecule has 0 unspecified atom stereocenters. The van der Waals surface area contributed by atoms with Gasteiger partial charge in [0.05, 0.1) is 0 Å². The van der Waals surface area contributed by atoms with Crippen molar-refractivity contribution in [3.8, 4) is 0 Å². The average molecular weight is 261 g/mol. The van der Waals surface area contributed by atoms with Crippen LogP contribution >= 0.6 is 11.8 Å². The molecule has 0 atom stereocenters. The molecule has 0 N–H and O–H groups in total. The Balaban J connectivity index is 0.00000225. The van der Waals surface area contributed by atoms with Crippen molar-refractivity contribution in [2.45, 2.75) is 25.6 Å². The molecule has 0 saturated carbocycles. The molecule has 1 aromatic heterocycles. The lowest BCUT2D eigenvalue weighted by Crippen LogP contribution is -3.00. The summed E-state index contributed by atoms with van der Waals surface area (Å²) in [6.07, 6.45) is 6.90. The molecule has 2 nitrogen and oxygen atoms in total. The molecule has 0 amide bonds. The number of hydrogen-bond donors (Lipinski definition) is 0. The summed E-state index contributed by atoms with van der Waals surface area (Å²) in [4.78, 5) is 2.12. The third-order valence-electron chi connectivity index (χ3n) is 2.27. The molecular weight excluding hydrogens is 240 g/mol. The van der Waals surface area contributed by atoms with Crippen LogP contribution < -0.4 is 21.9 Å². The lowest BCUT2D eigenvalue weighted by molar-refractivity contribution is -0.675. The highest BCUT2D eigenvalue weighted by Gasteiger charge is 2.01. The first kappa shape index (κ1) is 15.6. The predicted molar refractivity (Wildman–Crippen MR) is 68.3 cm³/mol. The second-order valence-corrected chi connectivity index (χ2v) is 4.93. The van der Waals surface area contributed by atoms with Gasteiger partial charge in [0.2, 0.25) is 0 Å². The van der Waals surface area contributed by atoms with Crippen LogP contribution in [0.2, 0.25) is 0 Å². The van der Waals surface area contributed by atoms with Crippen LogP contribution in [-0.2, 0) is 5.88 Å². The molecule has 1 heterocycles. The fourth-order valence-electron chi connectivity index (χ4n) is 1.25. The SMILES string of the molecule is CCCCSC[n+]1ccc(N(C)C)cc1.[Cl-]. The van der Waals surface area contributed by atoms with Crippen molar-refractivity contribution in [2.75, 3.05) is 24.7 Å². The van der Waals surface area contributed by atoms with Crippen LogP contribution in [0.1, 0.15) is 19.8 Å². The third kappa shape index (κ3) is 5.61. The summed E-state index contributed by atoms with van der Waals surface area (Å²) >= 11 is 1.99. The highest BCUT2D eigenvalue weighted by molar-refractivity contribution is 7.98. The summed E-state index contributed by atoms with van der Waals surface area (Å²) in [5.74, 6) is 2.33. The topological polar surface area (TPSA) is 7.12 Å². The minimum absolute atomic E-state index is 0. The highest BCUT2D eigenvalue weighted by Crippen LogP contribution is 2.08. The van der Waals surface area contributed by atoms with Crippen molar-refractivity contribution >= 4 is 17.4 Å². The Morgan fingerprint density at radius 2 is 1.88 bits per heavy atom. The van der Waals surface area contributed by atoms with E-state index < -0.39 is 0 Å². The zero-order valence-corrected chi connectivity index (χ0v) is 11.9. The maximum Gasteiger partial charge on any atom is 0.194 e. The van der Waals surface area contributed by atoms with Crippen LogP contribution in [0.3, 0.4) is 0 Å². The lowest BCUT2D eigenvalue weighted by atomic mass is 10.4. The Kier molecular flexibility index (Phi) is 8.49. The Labute approximate surface area is 109 Å². The van der Waals surface area contributed by atoms with Crippen molar-refractivity contribution in [2.24, 2.45) is 0 Å². The molecule has 0 bridgehead atoms. The van der Waals surface area contributed by atoms with Gasteiger partial charge in [-0.25, -0.2) is 0 Å². The summed E-state index contributed by atoms with van der Waals surface area (Å²) in [5.41, 5.74) is 1.25. The minimum atomic E-state index is 0. The second-order valence-electron chi connectivity index (χ2n) is 3.86. The van der Waals surface area contributed by atoms with Gasteiger partial charge >= 0.3 is 0 Å². The smallest absolute Gasteiger partial charge is 0.194 e.